The van der Waals surface area contributed by atoms with Gasteiger partial charge in [-0.1, -0.05) is 176 Å². The van der Waals surface area contributed by atoms with E-state index in [-0.39, 0.29) is 0 Å². The molecule has 2 heteroatoms. The molecule has 56 heavy (non-hydrogen) atoms. The van der Waals surface area contributed by atoms with Crippen molar-refractivity contribution in [1.29, 1.82) is 0 Å². The number of para-hydroxylation sites is 2. The third-order valence-corrected chi connectivity index (χ3v) is 11.5. The van der Waals surface area contributed by atoms with Crippen LogP contribution in [0.1, 0.15) is 5.56 Å². The molecule has 11 aromatic rings. The summed E-state index contributed by atoms with van der Waals surface area (Å²) < 4.78 is 7.10. The molecule has 0 unspecified atom stereocenters. The fourth-order valence-electron chi connectivity index (χ4n) is 8.74. The Morgan fingerprint density at radius 2 is 0.821 bits per heavy atom. The quantitative estimate of drug-likeness (QED) is 0.166. The molecule has 0 N–H and O–H groups in total. The molecule has 0 aliphatic carbocycles. The van der Waals surface area contributed by atoms with E-state index in [0.717, 1.165) is 77.8 Å². The van der Waals surface area contributed by atoms with Crippen molar-refractivity contribution in [3.63, 3.8) is 0 Å². The lowest BCUT2D eigenvalue weighted by molar-refractivity contribution is 0.671. The smallest absolute Gasteiger partial charge is 0.143 e. The Balaban J connectivity index is 1.12. The molecule has 0 saturated carbocycles. The number of furan rings is 1. The number of hydrogen-bond acceptors (Lipinski definition) is 2. The van der Waals surface area contributed by atoms with Crippen LogP contribution < -0.4 is 0 Å². The first-order chi connectivity index (χ1) is 27.7. The van der Waals surface area contributed by atoms with Gasteiger partial charge in [-0.15, -0.1) is 0 Å². The Bertz CT molecular complexity index is 3270. The van der Waals surface area contributed by atoms with Crippen molar-refractivity contribution in [2.45, 2.75) is 6.92 Å². The van der Waals surface area contributed by atoms with E-state index >= 15 is 0 Å². The van der Waals surface area contributed by atoms with Gasteiger partial charge in [0.2, 0.25) is 0 Å². The van der Waals surface area contributed by atoms with Crippen molar-refractivity contribution in [2.24, 2.45) is 0 Å². The van der Waals surface area contributed by atoms with Crippen LogP contribution in [0.4, 0.5) is 0 Å². The lowest BCUT2D eigenvalue weighted by Gasteiger charge is -2.15. The molecule has 2 aromatic heterocycles. The molecule has 0 radical (unpaired) electrons. The summed E-state index contributed by atoms with van der Waals surface area (Å²) in [5.41, 5.74) is 13.7. The number of fused-ring (bicyclic) bond motifs is 9. The summed E-state index contributed by atoms with van der Waals surface area (Å²) in [4.78, 5) is 5.35. The van der Waals surface area contributed by atoms with E-state index in [1.807, 2.05) is 0 Å². The zero-order valence-electron chi connectivity index (χ0n) is 30.8. The van der Waals surface area contributed by atoms with Crippen LogP contribution in [-0.4, -0.2) is 4.98 Å². The van der Waals surface area contributed by atoms with Gasteiger partial charge >= 0.3 is 0 Å². The lowest BCUT2D eigenvalue weighted by Crippen LogP contribution is -1.96. The van der Waals surface area contributed by atoms with Crippen LogP contribution in [0, 0.1) is 6.92 Å². The van der Waals surface area contributed by atoms with E-state index in [9.17, 15) is 0 Å². The van der Waals surface area contributed by atoms with Crippen molar-refractivity contribution in [2.75, 3.05) is 0 Å². The van der Waals surface area contributed by atoms with Crippen LogP contribution in [0.5, 0.6) is 0 Å². The topological polar surface area (TPSA) is 26.0 Å². The molecule has 0 amide bonds. The molecule has 0 bridgehead atoms. The number of rotatable bonds is 5. The first kappa shape index (κ1) is 32.2. The fourth-order valence-corrected chi connectivity index (χ4v) is 8.74. The molecule has 0 aliphatic rings. The summed E-state index contributed by atoms with van der Waals surface area (Å²) in [5, 5.41) is 9.79. The summed E-state index contributed by atoms with van der Waals surface area (Å²) in [5.74, 6) is 0. The van der Waals surface area contributed by atoms with Gasteiger partial charge in [0.15, 0.2) is 0 Å². The summed E-state index contributed by atoms with van der Waals surface area (Å²) in [6.45, 7) is 2.19. The van der Waals surface area contributed by atoms with Gasteiger partial charge in [0.25, 0.3) is 0 Å². The Hall–Kier alpha value is -7.29. The highest BCUT2D eigenvalue weighted by Crippen LogP contribution is 2.44. The number of nitrogens with zero attached hydrogens (tertiary/aromatic N) is 1. The zero-order valence-corrected chi connectivity index (χ0v) is 30.8. The van der Waals surface area contributed by atoms with Crippen molar-refractivity contribution < 1.29 is 4.42 Å². The predicted molar refractivity (Wildman–Crippen MR) is 236 cm³/mol. The van der Waals surface area contributed by atoms with Gasteiger partial charge in [0, 0.05) is 33.0 Å². The summed E-state index contributed by atoms with van der Waals surface area (Å²) >= 11 is 0. The van der Waals surface area contributed by atoms with Crippen LogP contribution in [0.15, 0.2) is 199 Å². The van der Waals surface area contributed by atoms with Crippen LogP contribution in [0.3, 0.4) is 0 Å². The van der Waals surface area contributed by atoms with Gasteiger partial charge in [0.1, 0.15) is 11.2 Å². The molecule has 11 rings (SSSR count). The van der Waals surface area contributed by atoms with Gasteiger partial charge in [-0.25, -0.2) is 4.98 Å². The summed E-state index contributed by atoms with van der Waals surface area (Å²) in [6, 6.07) is 69.4. The van der Waals surface area contributed by atoms with Gasteiger partial charge in [-0.2, -0.15) is 0 Å². The molecule has 2 heterocycles. The minimum Gasteiger partial charge on any atom is -0.455 e. The Labute approximate surface area is 325 Å². The number of hydrogen-bond donors (Lipinski definition) is 0. The minimum absolute atomic E-state index is 0.879. The van der Waals surface area contributed by atoms with E-state index in [2.05, 4.69) is 201 Å². The summed E-state index contributed by atoms with van der Waals surface area (Å²) in [6.07, 6.45) is 0. The second-order valence-electron chi connectivity index (χ2n) is 14.7. The molecule has 2 nitrogen and oxygen atoms in total. The van der Waals surface area contributed by atoms with Crippen LogP contribution in [-0.2, 0) is 0 Å². The fraction of sp³-hybridized carbons (Fsp3) is 0.0185. The van der Waals surface area contributed by atoms with Crippen LogP contribution >= 0.6 is 0 Å². The summed E-state index contributed by atoms with van der Waals surface area (Å²) in [7, 11) is 0. The molecule has 0 spiro atoms. The van der Waals surface area contributed by atoms with Crippen LogP contribution in [0.25, 0.3) is 110 Å². The third kappa shape index (κ3) is 5.15. The second-order valence-corrected chi connectivity index (χ2v) is 14.7. The zero-order chi connectivity index (χ0) is 37.2. The number of benzene rings is 9. The molecule has 262 valence electrons. The highest BCUT2D eigenvalue weighted by Gasteiger charge is 2.20. The van der Waals surface area contributed by atoms with Crippen LogP contribution in [0.2, 0.25) is 0 Å². The normalized spacial score (nSPS) is 11.7. The second kappa shape index (κ2) is 12.9. The van der Waals surface area contributed by atoms with Gasteiger partial charge < -0.3 is 4.42 Å². The molecular weight excluding hydrogens is 679 g/mol. The van der Waals surface area contributed by atoms with Crippen molar-refractivity contribution in [1.82, 2.24) is 4.98 Å². The van der Waals surface area contributed by atoms with Gasteiger partial charge in [-0.05, 0) is 85.3 Å². The SMILES string of the molecule is Cc1c(-c2cccc3c2oc2c(-c4ccc5c6ccccc6c6ccccc6c5c4)cccc23)cc(-c2cccc(-c3ccccc3)c2)nc1-c1ccccc1. The largest absolute Gasteiger partial charge is 0.455 e. The van der Waals surface area contributed by atoms with Crippen molar-refractivity contribution in [3.8, 4) is 55.9 Å². The van der Waals surface area contributed by atoms with Gasteiger partial charge in [0.05, 0.1) is 11.4 Å². The molecule has 0 atom stereocenters. The number of pyridine rings is 1. The minimum atomic E-state index is 0.879. The lowest BCUT2D eigenvalue weighted by atomic mass is 9.91. The molecule has 0 fully saturated rings. The van der Waals surface area contributed by atoms with Crippen molar-refractivity contribution in [3.05, 3.63) is 200 Å². The highest BCUT2D eigenvalue weighted by molar-refractivity contribution is 6.26. The molecule has 9 aromatic carbocycles. The third-order valence-electron chi connectivity index (χ3n) is 11.5. The van der Waals surface area contributed by atoms with E-state index < -0.39 is 0 Å². The number of aromatic nitrogens is 1. The standard InChI is InChI=1S/C54H35NO/c1-34-49(33-51(55-52(34)36-17-6-3-7-18-36)39-20-12-19-37(31-39)35-15-4-2-5-16-35)48-28-14-27-47-46-26-13-25-40(53(46)56-54(47)48)38-29-30-45-43-23-9-8-21-41(43)42-22-10-11-24-44(42)50(45)32-38/h2-33H,1H3. The maximum Gasteiger partial charge on any atom is 0.143 e. The molecular formula is C54H35NO. The predicted octanol–water partition coefficient (Wildman–Crippen LogP) is 15.1. The van der Waals surface area contributed by atoms with Crippen molar-refractivity contribution >= 4 is 54.3 Å². The Kier molecular flexibility index (Phi) is 7.43. The maximum absolute atomic E-state index is 7.10. The average molecular weight is 714 g/mol. The first-order valence-electron chi connectivity index (χ1n) is 19.2. The Morgan fingerprint density at radius 1 is 0.321 bits per heavy atom. The Morgan fingerprint density at radius 3 is 1.50 bits per heavy atom. The molecule has 0 saturated heterocycles. The monoisotopic (exact) mass is 713 g/mol. The van der Waals surface area contributed by atoms with E-state index in [4.69, 9.17) is 9.40 Å². The highest BCUT2D eigenvalue weighted by atomic mass is 16.3. The van der Waals surface area contributed by atoms with E-state index in [1.165, 1.54) is 37.9 Å². The van der Waals surface area contributed by atoms with E-state index in [0.29, 0.717) is 0 Å². The first-order valence-corrected chi connectivity index (χ1v) is 19.2. The van der Waals surface area contributed by atoms with E-state index in [1.54, 1.807) is 0 Å². The maximum atomic E-state index is 7.10. The van der Waals surface area contributed by atoms with Gasteiger partial charge in [-0.3, -0.25) is 0 Å². The average Bonchev–Trinajstić information content (AvgIpc) is 3.67. The molecule has 0 aliphatic heterocycles.